The molecular weight excluding hydrogens is 424 g/mol. The van der Waals surface area contributed by atoms with E-state index in [4.69, 9.17) is 26.5 Å². The quantitative estimate of drug-likeness (QED) is 0.482. The Kier molecular flexibility index (Phi) is 7.48. The predicted molar refractivity (Wildman–Crippen MR) is 118 cm³/mol. The Balaban J connectivity index is 1.94. The summed E-state index contributed by atoms with van der Waals surface area (Å²) in [5.41, 5.74) is 6.02. The molecule has 0 amide bonds. The van der Waals surface area contributed by atoms with E-state index >= 15 is 0 Å². The first-order valence-corrected chi connectivity index (χ1v) is 10.3. The second-order valence-electron chi connectivity index (χ2n) is 6.92. The summed E-state index contributed by atoms with van der Waals surface area (Å²) < 4.78 is 12.3. The fraction of sp³-hybridized carbons (Fsp3) is 0.400. The van der Waals surface area contributed by atoms with Crippen LogP contribution in [0.25, 0.3) is 11.5 Å². The third-order valence-electron chi connectivity index (χ3n) is 4.72. The molecule has 11 heteroatoms. The molecule has 0 radical (unpaired) electrons. The molecule has 3 aromatic rings. The largest absolute Gasteiger partial charge is 0.419 e. The van der Waals surface area contributed by atoms with Crippen LogP contribution < -0.4 is 21.9 Å². The Morgan fingerprint density at radius 1 is 1.26 bits per heavy atom. The van der Waals surface area contributed by atoms with Gasteiger partial charge in [0.1, 0.15) is 11.5 Å². The van der Waals surface area contributed by atoms with E-state index in [1.54, 1.807) is 36.3 Å². The van der Waals surface area contributed by atoms with Crippen LogP contribution in [-0.4, -0.2) is 40.0 Å². The molecule has 0 spiro atoms. The van der Waals surface area contributed by atoms with E-state index in [1.807, 2.05) is 6.92 Å². The number of ether oxygens (including phenoxy) is 1. The van der Waals surface area contributed by atoms with Gasteiger partial charge in [-0.05, 0) is 30.7 Å². The Bertz CT molecular complexity index is 1120. The Hall–Kier alpha value is -3.11. The number of methoxy groups -OCH3 is 1. The Morgan fingerprint density at radius 2 is 2.00 bits per heavy atom. The van der Waals surface area contributed by atoms with Crippen molar-refractivity contribution in [1.82, 2.24) is 19.7 Å². The van der Waals surface area contributed by atoms with Crippen LogP contribution in [-0.2, 0) is 17.8 Å². The van der Waals surface area contributed by atoms with Crippen LogP contribution in [0.1, 0.15) is 25.7 Å². The molecule has 31 heavy (non-hydrogen) atoms. The van der Waals surface area contributed by atoms with Gasteiger partial charge in [0.25, 0.3) is 5.56 Å². The molecule has 0 saturated carbocycles. The van der Waals surface area contributed by atoms with Crippen molar-refractivity contribution >= 4 is 23.1 Å². The van der Waals surface area contributed by atoms with Crippen molar-refractivity contribution in [1.29, 1.82) is 0 Å². The topological polar surface area (TPSA) is 132 Å². The van der Waals surface area contributed by atoms with Crippen LogP contribution in [0.5, 0.6) is 0 Å². The summed E-state index contributed by atoms with van der Waals surface area (Å²) >= 11 is 5.92. The van der Waals surface area contributed by atoms with Gasteiger partial charge in [0.05, 0.1) is 13.2 Å². The van der Waals surface area contributed by atoms with Crippen LogP contribution in [0.15, 0.2) is 38.3 Å². The Morgan fingerprint density at radius 3 is 2.68 bits per heavy atom. The fourth-order valence-corrected chi connectivity index (χ4v) is 3.21. The second kappa shape index (κ2) is 10.3. The molecule has 3 N–H and O–H groups in total. The zero-order chi connectivity index (χ0) is 22.4. The highest BCUT2D eigenvalue weighted by Gasteiger charge is 2.21. The first-order chi connectivity index (χ1) is 14.9. The maximum atomic E-state index is 12.6. The number of unbranched alkanes of at least 4 members (excludes halogenated alkanes) is 1. The number of hydrogen-bond donors (Lipinski definition) is 2. The third kappa shape index (κ3) is 5.33. The molecular formula is C20H25ClN6O4. The normalized spacial score (nSPS) is 11.1. The first kappa shape index (κ1) is 22.6. The molecule has 3 rings (SSSR count). The van der Waals surface area contributed by atoms with Gasteiger partial charge in [-0.3, -0.25) is 14.3 Å². The van der Waals surface area contributed by atoms with E-state index in [2.05, 4.69) is 15.2 Å². The lowest BCUT2D eigenvalue weighted by atomic mass is 10.2. The van der Waals surface area contributed by atoms with Crippen molar-refractivity contribution in [2.45, 2.75) is 32.9 Å². The van der Waals surface area contributed by atoms with Gasteiger partial charge in [0.2, 0.25) is 11.8 Å². The van der Waals surface area contributed by atoms with Gasteiger partial charge in [-0.25, -0.2) is 4.79 Å². The number of nitrogen functional groups attached to an aromatic ring is 1. The van der Waals surface area contributed by atoms with E-state index in [1.165, 1.54) is 4.57 Å². The van der Waals surface area contributed by atoms with Crippen LogP contribution in [0.3, 0.4) is 0 Å². The highest BCUT2D eigenvalue weighted by Crippen LogP contribution is 2.23. The van der Waals surface area contributed by atoms with Crippen molar-refractivity contribution in [2.75, 3.05) is 30.9 Å². The number of nitrogens with one attached hydrogen (secondary N) is 1. The summed E-state index contributed by atoms with van der Waals surface area (Å²) in [4.78, 5) is 28.9. The maximum Gasteiger partial charge on any atom is 0.330 e. The number of rotatable bonds is 10. The number of hydrogen-bond acceptors (Lipinski definition) is 8. The number of benzene rings is 1. The summed E-state index contributed by atoms with van der Waals surface area (Å²) in [6.45, 7) is 3.18. The Labute approximate surface area is 183 Å². The van der Waals surface area contributed by atoms with E-state index in [-0.39, 0.29) is 23.9 Å². The highest BCUT2D eigenvalue weighted by molar-refractivity contribution is 6.30. The van der Waals surface area contributed by atoms with E-state index in [0.29, 0.717) is 30.6 Å². The lowest BCUT2D eigenvalue weighted by Gasteiger charge is -2.24. The number of halogens is 1. The summed E-state index contributed by atoms with van der Waals surface area (Å²) in [5.74, 6) is 0.704. The number of anilines is 2. The van der Waals surface area contributed by atoms with Gasteiger partial charge < -0.3 is 19.8 Å². The molecule has 1 aromatic carbocycles. The predicted octanol–water partition coefficient (Wildman–Crippen LogP) is 2.28. The van der Waals surface area contributed by atoms with Crippen molar-refractivity contribution in [3.8, 4) is 11.5 Å². The molecule has 0 saturated heterocycles. The van der Waals surface area contributed by atoms with Gasteiger partial charge in [-0.15, -0.1) is 10.2 Å². The SMILES string of the molecule is CCCCn1c(N)c(N(CCOC)Cc2nnc(-c3ccc(Cl)cc3)o2)c(=O)[nH]c1=O. The average Bonchev–Trinajstić information content (AvgIpc) is 3.20. The molecule has 0 aliphatic carbocycles. The lowest BCUT2D eigenvalue weighted by Crippen LogP contribution is -2.39. The number of H-pyrrole nitrogens is 1. The van der Waals surface area contributed by atoms with Crippen LogP contribution in [0, 0.1) is 0 Å². The molecule has 166 valence electrons. The number of aromatic amines is 1. The van der Waals surface area contributed by atoms with Crippen molar-refractivity contribution in [3.05, 3.63) is 56.0 Å². The van der Waals surface area contributed by atoms with Crippen LogP contribution in [0.4, 0.5) is 11.5 Å². The molecule has 10 nitrogen and oxygen atoms in total. The van der Waals surface area contributed by atoms with Gasteiger partial charge in [-0.2, -0.15) is 0 Å². The van der Waals surface area contributed by atoms with E-state index < -0.39 is 11.2 Å². The maximum absolute atomic E-state index is 12.6. The zero-order valence-electron chi connectivity index (χ0n) is 17.4. The van der Waals surface area contributed by atoms with Crippen LogP contribution in [0.2, 0.25) is 5.02 Å². The van der Waals surface area contributed by atoms with Gasteiger partial charge in [0.15, 0.2) is 0 Å². The molecule has 0 bridgehead atoms. The summed E-state index contributed by atoms with van der Waals surface area (Å²) in [7, 11) is 1.55. The molecule has 0 aliphatic rings. The monoisotopic (exact) mass is 448 g/mol. The average molecular weight is 449 g/mol. The highest BCUT2D eigenvalue weighted by atomic mass is 35.5. The van der Waals surface area contributed by atoms with Crippen molar-refractivity contribution in [2.24, 2.45) is 0 Å². The van der Waals surface area contributed by atoms with Crippen molar-refractivity contribution in [3.63, 3.8) is 0 Å². The molecule has 2 aromatic heterocycles. The van der Waals surface area contributed by atoms with Gasteiger partial charge in [-0.1, -0.05) is 24.9 Å². The molecule has 0 fully saturated rings. The van der Waals surface area contributed by atoms with Crippen molar-refractivity contribution < 1.29 is 9.15 Å². The summed E-state index contributed by atoms with van der Waals surface area (Å²) in [6.07, 6.45) is 1.63. The summed E-state index contributed by atoms with van der Waals surface area (Å²) in [5, 5.41) is 8.75. The molecule has 0 unspecified atom stereocenters. The lowest BCUT2D eigenvalue weighted by molar-refractivity contribution is 0.204. The minimum atomic E-state index is -0.580. The number of nitrogens with two attached hydrogens (primary N) is 1. The standard InChI is InChI=1S/C20H25ClN6O4/c1-3-4-9-27-17(22)16(18(28)23-20(27)29)26(10-11-30-2)12-15-24-25-19(31-15)13-5-7-14(21)8-6-13/h5-8H,3-4,9-12,22H2,1-2H3,(H,23,28,29). The first-order valence-electron chi connectivity index (χ1n) is 9.89. The molecule has 0 aliphatic heterocycles. The van der Waals surface area contributed by atoms with E-state index in [0.717, 1.165) is 18.4 Å². The number of nitrogens with zero attached hydrogens (tertiary/aromatic N) is 4. The molecule has 2 heterocycles. The smallest absolute Gasteiger partial charge is 0.330 e. The second-order valence-corrected chi connectivity index (χ2v) is 7.36. The molecule has 0 atom stereocenters. The van der Waals surface area contributed by atoms with Gasteiger partial charge >= 0.3 is 5.69 Å². The van der Waals surface area contributed by atoms with E-state index in [9.17, 15) is 9.59 Å². The van der Waals surface area contributed by atoms with Crippen LogP contribution >= 0.6 is 11.6 Å². The minimum Gasteiger partial charge on any atom is -0.419 e. The number of aromatic nitrogens is 4. The van der Waals surface area contributed by atoms with Gasteiger partial charge in [0, 0.05) is 30.8 Å². The summed E-state index contributed by atoms with van der Waals surface area (Å²) in [6, 6.07) is 7.00. The fourth-order valence-electron chi connectivity index (χ4n) is 3.08. The third-order valence-corrected chi connectivity index (χ3v) is 4.97. The minimum absolute atomic E-state index is 0.0933. The zero-order valence-corrected chi connectivity index (χ0v) is 18.2.